The van der Waals surface area contributed by atoms with Crippen molar-refractivity contribution >= 4 is 11.5 Å². The summed E-state index contributed by atoms with van der Waals surface area (Å²) in [6.45, 7) is 0. The molecule has 0 spiro atoms. The molecule has 0 fully saturated rings. The van der Waals surface area contributed by atoms with Gasteiger partial charge in [0.05, 0.1) is 7.11 Å². The predicted octanol–water partition coefficient (Wildman–Crippen LogP) is 3.53. The molecule has 0 aliphatic heterocycles. The molecular weight excluding hydrogens is 250 g/mol. The smallest absolute Gasteiger partial charge is 0.187 e. The summed E-state index contributed by atoms with van der Waals surface area (Å²) in [5.41, 5.74) is 1.68. The van der Waals surface area contributed by atoms with Crippen molar-refractivity contribution < 1.29 is 9.53 Å². The number of carbonyl (C=O) groups is 1. The van der Waals surface area contributed by atoms with Crippen LogP contribution in [0.4, 0.5) is 5.69 Å². The number of carbonyl (C=O) groups excluding carboxylic acids is 1. The summed E-state index contributed by atoms with van der Waals surface area (Å²) >= 11 is 0. The Morgan fingerprint density at radius 2 is 1.70 bits per heavy atom. The molecule has 0 saturated carbocycles. The lowest BCUT2D eigenvalue weighted by atomic mass is 10.1. The van der Waals surface area contributed by atoms with Gasteiger partial charge in [-0.15, -0.1) is 0 Å². The van der Waals surface area contributed by atoms with Crippen LogP contribution < -0.4 is 9.64 Å². The van der Waals surface area contributed by atoms with Crippen LogP contribution in [0.15, 0.2) is 66.9 Å². The average molecular weight is 267 g/mol. The van der Waals surface area contributed by atoms with Crippen LogP contribution in [-0.4, -0.2) is 19.9 Å². The van der Waals surface area contributed by atoms with Crippen LogP contribution in [0.5, 0.6) is 5.75 Å². The molecule has 0 radical (unpaired) electrons. The Morgan fingerprint density at radius 3 is 2.30 bits per heavy atom. The zero-order chi connectivity index (χ0) is 14.4. The first-order chi connectivity index (χ1) is 9.70. The van der Waals surface area contributed by atoms with Gasteiger partial charge in [-0.1, -0.05) is 30.3 Å². The first-order valence-corrected chi connectivity index (χ1v) is 6.35. The molecule has 2 aromatic carbocycles. The van der Waals surface area contributed by atoms with E-state index in [-0.39, 0.29) is 5.78 Å². The maximum absolute atomic E-state index is 11.9. The van der Waals surface area contributed by atoms with Crippen molar-refractivity contribution in [1.29, 1.82) is 0 Å². The largest absolute Gasteiger partial charge is 0.497 e. The van der Waals surface area contributed by atoms with Gasteiger partial charge in [-0.2, -0.15) is 0 Å². The van der Waals surface area contributed by atoms with E-state index >= 15 is 0 Å². The van der Waals surface area contributed by atoms with Gasteiger partial charge in [0, 0.05) is 30.6 Å². The molecule has 20 heavy (non-hydrogen) atoms. The lowest BCUT2D eigenvalue weighted by molar-refractivity contribution is 0.104. The van der Waals surface area contributed by atoms with Crippen molar-refractivity contribution in [1.82, 2.24) is 0 Å². The van der Waals surface area contributed by atoms with Gasteiger partial charge in [-0.3, -0.25) is 4.79 Å². The molecule has 0 aromatic heterocycles. The first-order valence-electron chi connectivity index (χ1n) is 6.35. The lowest BCUT2D eigenvalue weighted by Gasteiger charge is -2.14. The Balaban J connectivity index is 2.04. The summed E-state index contributed by atoms with van der Waals surface area (Å²) in [7, 11) is 3.54. The SMILES string of the molecule is COc1ccc(N(C)/C=C/C(=O)c2ccccc2)cc1. The molecule has 2 aromatic rings. The number of rotatable bonds is 5. The minimum absolute atomic E-state index is 0.00837. The molecule has 0 saturated heterocycles. The molecular formula is C17H17NO2. The molecule has 2 rings (SSSR count). The Morgan fingerprint density at radius 1 is 1.05 bits per heavy atom. The molecule has 0 unspecified atom stereocenters. The fraction of sp³-hybridized carbons (Fsp3) is 0.118. The van der Waals surface area contributed by atoms with E-state index in [4.69, 9.17) is 4.74 Å². The number of benzene rings is 2. The first kappa shape index (κ1) is 13.9. The maximum atomic E-state index is 11.9. The summed E-state index contributed by atoms with van der Waals surface area (Å²) in [5, 5.41) is 0. The molecule has 0 aliphatic carbocycles. The van der Waals surface area contributed by atoms with Gasteiger partial charge in [-0.05, 0) is 24.3 Å². The summed E-state index contributed by atoms with van der Waals surface area (Å²) < 4.78 is 5.11. The van der Waals surface area contributed by atoms with Crippen LogP contribution in [-0.2, 0) is 0 Å². The predicted molar refractivity (Wildman–Crippen MR) is 81.3 cm³/mol. The quantitative estimate of drug-likeness (QED) is 0.613. The Hall–Kier alpha value is -2.55. The normalized spacial score (nSPS) is 10.5. The summed E-state index contributed by atoms with van der Waals surface area (Å²) in [4.78, 5) is 13.8. The van der Waals surface area contributed by atoms with Gasteiger partial charge in [0.25, 0.3) is 0 Å². The highest BCUT2D eigenvalue weighted by molar-refractivity contribution is 6.04. The lowest BCUT2D eigenvalue weighted by Crippen LogP contribution is -2.08. The highest BCUT2D eigenvalue weighted by Gasteiger charge is 2.01. The van der Waals surface area contributed by atoms with Crippen LogP contribution in [0.2, 0.25) is 0 Å². The fourth-order valence-corrected chi connectivity index (χ4v) is 1.78. The van der Waals surface area contributed by atoms with E-state index in [1.165, 1.54) is 0 Å². The van der Waals surface area contributed by atoms with Gasteiger partial charge < -0.3 is 9.64 Å². The summed E-state index contributed by atoms with van der Waals surface area (Å²) in [6, 6.07) is 16.9. The number of nitrogens with zero attached hydrogens (tertiary/aromatic N) is 1. The third-order valence-electron chi connectivity index (χ3n) is 2.99. The van der Waals surface area contributed by atoms with Gasteiger partial charge in [-0.25, -0.2) is 0 Å². The van der Waals surface area contributed by atoms with E-state index in [0.29, 0.717) is 5.56 Å². The van der Waals surface area contributed by atoms with E-state index in [9.17, 15) is 4.79 Å². The number of hydrogen-bond donors (Lipinski definition) is 0. The molecule has 0 bridgehead atoms. The number of allylic oxidation sites excluding steroid dienone is 1. The van der Waals surface area contributed by atoms with E-state index in [1.54, 1.807) is 31.5 Å². The second-order valence-corrected chi connectivity index (χ2v) is 4.35. The van der Waals surface area contributed by atoms with Crippen molar-refractivity contribution in [2.24, 2.45) is 0 Å². The van der Waals surface area contributed by atoms with E-state index in [0.717, 1.165) is 11.4 Å². The minimum atomic E-state index is -0.00837. The van der Waals surface area contributed by atoms with E-state index < -0.39 is 0 Å². The molecule has 0 amide bonds. The van der Waals surface area contributed by atoms with Gasteiger partial charge >= 0.3 is 0 Å². The second-order valence-electron chi connectivity index (χ2n) is 4.35. The number of anilines is 1. The van der Waals surface area contributed by atoms with Crippen LogP contribution in [0, 0.1) is 0 Å². The van der Waals surface area contributed by atoms with Crippen molar-refractivity contribution in [2.75, 3.05) is 19.1 Å². The fourth-order valence-electron chi connectivity index (χ4n) is 1.78. The number of hydrogen-bond acceptors (Lipinski definition) is 3. The Bertz CT molecular complexity index is 588. The van der Waals surface area contributed by atoms with Crippen LogP contribution >= 0.6 is 0 Å². The topological polar surface area (TPSA) is 29.5 Å². The molecule has 102 valence electrons. The monoisotopic (exact) mass is 267 g/mol. The summed E-state index contributed by atoms with van der Waals surface area (Å²) in [5.74, 6) is 0.803. The molecule has 0 atom stereocenters. The average Bonchev–Trinajstić information content (AvgIpc) is 2.53. The van der Waals surface area contributed by atoms with Crippen LogP contribution in [0.3, 0.4) is 0 Å². The highest BCUT2D eigenvalue weighted by atomic mass is 16.5. The van der Waals surface area contributed by atoms with Crippen LogP contribution in [0.25, 0.3) is 0 Å². The zero-order valence-electron chi connectivity index (χ0n) is 11.6. The molecule has 3 heteroatoms. The Kier molecular flexibility index (Phi) is 4.56. The number of ether oxygens (including phenoxy) is 1. The Labute approximate surface area is 119 Å². The van der Waals surface area contributed by atoms with Gasteiger partial charge in [0.15, 0.2) is 5.78 Å². The van der Waals surface area contributed by atoms with Gasteiger partial charge in [0.1, 0.15) is 5.75 Å². The third kappa shape index (κ3) is 3.48. The number of methoxy groups -OCH3 is 1. The van der Waals surface area contributed by atoms with Gasteiger partial charge in [0.2, 0.25) is 0 Å². The third-order valence-corrected chi connectivity index (χ3v) is 2.99. The molecule has 3 nitrogen and oxygen atoms in total. The second kappa shape index (κ2) is 6.57. The van der Waals surface area contributed by atoms with Crippen molar-refractivity contribution in [3.05, 3.63) is 72.4 Å². The number of ketones is 1. The van der Waals surface area contributed by atoms with Crippen molar-refractivity contribution in [3.8, 4) is 5.75 Å². The molecule has 0 N–H and O–H groups in total. The van der Waals surface area contributed by atoms with Crippen molar-refractivity contribution in [2.45, 2.75) is 0 Å². The highest BCUT2D eigenvalue weighted by Crippen LogP contribution is 2.18. The zero-order valence-corrected chi connectivity index (χ0v) is 11.6. The molecule has 0 aliphatic rings. The van der Waals surface area contributed by atoms with Crippen molar-refractivity contribution in [3.63, 3.8) is 0 Å². The maximum Gasteiger partial charge on any atom is 0.187 e. The molecule has 0 heterocycles. The standard InChI is InChI=1S/C17H17NO2/c1-18(15-8-10-16(20-2)11-9-15)13-12-17(19)14-6-4-3-5-7-14/h3-13H,1-2H3/b13-12+. The van der Waals surface area contributed by atoms with E-state index in [2.05, 4.69) is 0 Å². The van der Waals surface area contributed by atoms with Crippen LogP contribution in [0.1, 0.15) is 10.4 Å². The summed E-state index contributed by atoms with van der Waals surface area (Å²) in [6.07, 6.45) is 3.33. The van der Waals surface area contributed by atoms with E-state index in [1.807, 2.05) is 54.4 Å². The minimum Gasteiger partial charge on any atom is -0.497 e.